The van der Waals surface area contributed by atoms with Crippen LogP contribution >= 0.6 is 0 Å². The third kappa shape index (κ3) is 4.24. The first kappa shape index (κ1) is 10.5. The molecule has 1 heterocycles. The Kier molecular flexibility index (Phi) is 4.78. The third-order valence-corrected chi connectivity index (χ3v) is 2.06. The molecule has 0 aromatic heterocycles. The second-order valence-electron chi connectivity index (χ2n) is 3.22. The highest BCUT2D eigenvalue weighted by Crippen LogP contribution is 2.10. The van der Waals surface area contributed by atoms with E-state index in [2.05, 4.69) is 10.6 Å². The molecule has 1 aliphatic heterocycles. The Morgan fingerprint density at radius 2 is 2.46 bits per heavy atom. The van der Waals surface area contributed by atoms with Gasteiger partial charge in [0, 0.05) is 19.7 Å². The molecule has 2 N–H and O–H groups in total. The zero-order chi connectivity index (χ0) is 9.52. The molecule has 1 fully saturated rings. The summed E-state index contributed by atoms with van der Waals surface area (Å²) in [6.45, 7) is 4.66. The Balaban J connectivity index is 1.96. The van der Waals surface area contributed by atoms with Crippen LogP contribution in [0.3, 0.4) is 0 Å². The minimum absolute atomic E-state index is 0.0560. The van der Waals surface area contributed by atoms with Crippen LogP contribution in [0.15, 0.2) is 0 Å². The Labute approximate surface area is 79.0 Å². The van der Waals surface area contributed by atoms with Crippen LogP contribution in [0.2, 0.25) is 0 Å². The lowest BCUT2D eigenvalue weighted by Crippen LogP contribution is -2.37. The average Bonchev–Trinajstić information content (AvgIpc) is 2.57. The summed E-state index contributed by atoms with van der Waals surface area (Å²) in [4.78, 5) is 11.0. The molecular weight excluding hydrogens is 168 g/mol. The van der Waals surface area contributed by atoms with Crippen molar-refractivity contribution in [2.24, 2.45) is 0 Å². The van der Waals surface area contributed by atoms with Gasteiger partial charge in [-0.15, -0.1) is 0 Å². The van der Waals surface area contributed by atoms with Crippen molar-refractivity contribution in [3.8, 4) is 0 Å². The number of likely N-dealkylation sites (N-methyl/N-ethyl adjacent to an activating group) is 1. The predicted molar refractivity (Wildman–Crippen MR) is 50.5 cm³/mol. The van der Waals surface area contributed by atoms with E-state index in [1.807, 2.05) is 6.92 Å². The number of nitrogens with one attached hydrogen (secondary N) is 2. The van der Waals surface area contributed by atoms with E-state index < -0.39 is 0 Å². The molecule has 1 rings (SSSR count). The van der Waals surface area contributed by atoms with E-state index in [0.717, 1.165) is 26.0 Å². The maximum absolute atomic E-state index is 11.0. The summed E-state index contributed by atoms with van der Waals surface area (Å²) in [5.41, 5.74) is 0. The van der Waals surface area contributed by atoms with Crippen LogP contribution < -0.4 is 10.6 Å². The number of amides is 1. The fourth-order valence-electron chi connectivity index (χ4n) is 1.41. The summed E-state index contributed by atoms with van der Waals surface area (Å²) in [7, 11) is 0. The lowest BCUT2D eigenvalue weighted by Gasteiger charge is -2.09. The van der Waals surface area contributed by atoms with E-state index in [1.165, 1.54) is 0 Å². The van der Waals surface area contributed by atoms with Crippen molar-refractivity contribution >= 4 is 5.91 Å². The molecule has 76 valence electrons. The molecule has 1 amide bonds. The number of ether oxygens (including phenoxy) is 1. The number of hydrogen-bond acceptors (Lipinski definition) is 3. The van der Waals surface area contributed by atoms with Crippen molar-refractivity contribution < 1.29 is 9.53 Å². The Bertz CT molecular complexity index is 156. The summed E-state index contributed by atoms with van der Waals surface area (Å²) < 4.78 is 5.40. The van der Waals surface area contributed by atoms with Crippen molar-refractivity contribution in [2.45, 2.75) is 25.9 Å². The first-order valence-corrected chi connectivity index (χ1v) is 4.92. The van der Waals surface area contributed by atoms with Gasteiger partial charge in [-0.1, -0.05) is 0 Å². The van der Waals surface area contributed by atoms with E-state index in [-0.39, 0.29) is 5.91 Å². The van der Waals surface area contributed by atoms with Crippen LogP contribution in [0.4, 0.5) is 0 Å². The molecule has 0 aliphatic carbocycles. The maximum Gasteiger partial charge on any atom is 0.233 e. The Morgan fingerprint density at radius 1 is 1.62 bits per heavy atom. The second kappa shape index (κ2) is 5.94. The van der Waals surface area contributed by atoms with Gasteiger partial charge in [0.05, 0.1) is 12.6 Å². The molecule has 0 spiro atoms. The van der Waals surface area contributed by atoms with Gasteiger partial charge >= 0.3 is 0 Å². The van der Waals surface area contributed by atoms with Gasteiger partial charge in [0.25, 0.3) is 0 Å². The van der Waals surface area contributed by atoms with Gasteiger partial charge in [0.1, 0.15) is 0 Å². The fourth-order valence-corrected chi connectivity index (χ4v) is 1.41. The van der Waals surface area contributed by atoms with E-state index >= 15 is 0 Å². The van der Waals surface area contributed by atoms with Crippen LogP contribution in [0.25, 0.3) is 0 Å². The monoisotopic (exact) mass is 186 g/mol. The van der Waals surface area contributed by atoms with Gasteiger partial charge in [0.2, 0.25) is 5.91 Å². The number of hydrogen-bond donors (Lipinski definition) is 2. The van der Waals surface area contributed by atoms with Crippen molar-refractivity contribution in [2.75, 3.05) is 26.2 Å². The summed E-state index contributed by atoms with van der Waals surface area (Å²) in [6.07, 6.45) is 2.57. The molecular formula is C9H18N2O2. The van der Waals surface area contributed by atoms with Crippen molar-refractivity contribution in [3.05, 3.63) is 0 Å². The molecule has 0 bridgehead atoms. The van der Waals surface area contributed by atoms with Gasteiger partial charge in [-0.25, -0.2) is 0 Å². The molecule has 1 aliphatic rings. The van der Waals surface area contributed by atoms with Gasteiger partial charge in [0.15, 0.2) is 0 Å². The molecule has 4 heteroatoms. The van der Waals surface area contributed by atoms with Crippen molar-refractivity contribution in [3.63, 3.8) is 0 Å². The minimum atomic E-state index is 0.0560. The first-order chi connectivity index (χ1) is 6.33. The molecule has 1 saturated heterocycles. The second-order valence-corrected chi connectivity index (χ2v) is 3.22. The highest BCUT2D eigenvalue weighted by molar-refractivity contribution is 5.77. The molecule has 0 saturated carbocycles. The Morgan fingerprint density at radius 3 is 3.08 bits per heavy atom. The quantitative estimate of drug-likeness (QED) is 0.630. The van der Waals surface area contributed by atoms with Crippen LogP contribution in [-0.4, -0.2) is 38.3 Å². The largest absolute Gasteiger partial charge is 0.377 e. The standard InChI is InChI=1S/C9H18N2O2/c1-2-11-9(12)7-10-6-8-4-3-5-13-8/h8,10H,2-7H2,1H3,(H,11,12)/t8-/m1/s1. The van der Waals surface area contributed by atoms with E-state index in [9.17, 15) is 4.79 Å². The highest BCUT2D eigenvalue weighted by atomic mass is 16.5. The molecule has 1 atom stereocenters. The van der Waals surface area contributed by atoms with Crippen LogP contribution in [0.1, 0.15) is 19.8 Å². The summed E-state index contributed by atoms with van der Waals surface area (Å²) in [5, 5.41) is 5.80. The van der Waals surface area contributed by atoms with E-state index in [1.54, 1.807) is 0 Å². The lowest BCUT2D eigenvalue weighted by atomic mass is 10.2. The molecule has 0 aromatic rings. The van der Waals surface area contributed by atoms with Crippen molar-refractivity contribution in [1.82, 2.24) is 10.6 Å². The smallest absolute Gasteiger partial charge is 0.233 e. The van der Waals surface area contributed by atoms with Crippen LogP contribution in [0.5, 0.6) is 0 Å². The summed E-state index contributed by atoms with van der Waals surface area (Å²) in [6, 6.07) is 0. The van der Waals surface area contributed by atoms with E-state index in [0.29, 0.717) is 19.2 Å². The number of rotatable bonds is 5. The predicted octanol–water partition coefficient (Wildman–Crippen LogP) is -0.109. The number of carbonyl (C=O) groups is 1. The topological polar surface area (TPSA) is 50.4 Å². The molecule has 0 radical (unpaired) electrons. The summed E-state index contributed by atoms with van der Waals surface area (Å²) >= 11 is 0. The SMILES string of the molecule is CCNC(=O)CNC[C@H]1CCCO1. The molecule has 0 aromatic carbocycles. The van der Waals surface area contributed by atoms with E-state index in [4.69, 9.17) is 4.74 Å². The zero-order valence-electron chi connectivity index (χ0n) is 8.14. The Hall–Kier alpha value is -0.610. The van der Waals surface area contributed by atoms with Gasteiger partial charge in [-0.2, -0.15) is 0 Å². The van der Waals surface area contributed by atoms with Gasteiger partial charge in [-0.05, 0) is 19.8 Å². The summed E-state index contributed by atoms with van der Waals surface area (Å²) in [5.74, 6) is 0.0560. The molecule has 0 unspecified atom stereocenters. The normalized spacial score (nSPS) is 21.8. The lowest BCUT2D eigenvalue weighted by molar-refractivity contribution is -0.120. The van der Waals surface area contributed by atoms with Crippen molar-refractivity contribution in [1.29, 1.82) is 0 Å². The highest BCUT2D eigenvalue weighted by Gasteiger charge is 2.14. The van der Waals surface area contributed by atoms with Crippen LogP contribution in [-0.2, 0) is 9.53 Å². The van der Waals surface area contributed by atoms with Gasteiger partial charge in [-0.3, -0.25) is 4.79 Å². The fraction of sp³-hybridized carbons (Fsp3) is 0.889. The zero-order valence-corrected chi connectivity index (χ0v) is 8.14. The average molecular weight is 186 g/mol. The maximum atomic E-state index is 11.0. The first-order valence-electron chi connectivity index (χ1n) is 4.92. The van der Waals surface area contributed by atoms with Crippen LogP contribution in [0, 0.1) is 0 Å². The molecule has 4 nitrogen and oxygen atoms in total. The number of carbonyl (C=O) groups excluding carboxylic acids is 1. The minimum Gasteiger partial charge on any atom is -0.377 e. The van der Waals surface area contributed by atoms with Gasteiger partial charge < -0.3 is 15.4 Å². The molecule has 13 heavy (non-hydrogen) atoms. The third-order valence-electron chi connectivity index (χ3n) is 2.06.